The van der Waals surface area contributed by atoms with Crippen molar-refractivity contribution in [1.29, 1.82) is 0 Å². The molecule has 1 aromatic rings. The number of ketones is 1. The summed E-state index contributed by atoms with van der Waals surface area (Å²) in [4.78, 5) is 48.2. The van der Waals surface area contributed by atoms with Crippen molar-refractivity contribution < 1.29 is 29.0 Å². The van der Waals surface area contributed by atoms with Gasteiger partial charge >= 0.3 is 5.97 Å². The zero-order valence-electron chi connectivity index (χ0n) is 12.8. The van der Waals surface area contributed by atoms with E-state index in [1.807, 2.05) is 0 Å². The van der Waals surface area contributed by atoms with Gasteiger partial charge in [0.15, 0.2) is 5.78 Å². The third kappa shape index (κ3) is 3.14. The molecule has 122 valence electrons. The number of carbonyl (C=O) groups is 4. The Morgan fingerprint density at radius 1 is 1.17 bits per heavy atom. The first kappa shape index (κ1) is 16.8. The number of Topliss-reactive ketones (excluding diaryl/α,β-unsaturated/α-hetero) is 1. The Morgan fingerprint density at radius 2 is 1.70 bits per heavy atom. The van der Waals surface area contributed by atoms with Gasteiger partial charge in [-0.3, -0.25) is 19.2 Å². The molecule has 0 saturated carbocycles. The van der Waals surface area contributed by atoms with Crippen LogP contribution in [0.3, 0.4) is 0 Å². The molecule has 2 amide bonds. The van der Waals surface area contributed by atoms with Crippen LogP contribution in [0.5, 0.6) is 0 Å². The first-order chi connectivity index (χ1) is 10.9. The fraction of sp³-hybridized carbons (Fsp3) is 0.375. The second-order valence-corrected chi connectivity index (χ2v) is 5.20. The third-order valence-corrected chi connectivity index (χ3v) is 3.75. The minimum Gasteiger partial charge on any atom is -0.481 e. The lowest BCUT2D eigenvalue weighted by atomic mass is 10.0. The Bertz CT molecular complexity index is 633. The van der Waals surface area contributed by atoms with Crippen LogP contribution in [0.1, 0.15) is 41.0 Å². The highest BCUT2D eigenvalue weighted by atomic mass is 16.5. The number of amides is 2. The minimum atomic E-state index is -1.21. The number of hydrogen-bond donors (Lipinski definition) is 1. The molecule has 0 spiro atoms. The molecule has 1 aliphatic rings. The zero-order valence-corrected chi connectivity index (χ0v) is 12.8. The smallest absolute Gasteiger partial charge is 0.314 e. The predicted molar refractivity (Wildman–Crippen MR) is 78.8 cm³/mol. The summed E-state index contributed by atoms with van der Waals surface area (Å²) in [5.74, 6) is -3.94. The molecule has 1 aromatic carbocycles. The number of nitrogens with zero attached hydrogens (tertiary/aromatic N) is 1. The van der Waals surface area contributed by atoms with E-state index in [4.69, 9.17) is 9.84 Å². The van der Waals surface area contributed by atoms with Gasteiger partial charge in [0.05, 0.1) is 11.1 Å². The maximum absolute atomic E-state index is 12.2. The van der Waals surface area contributed by atoms with Crippen molar-refractivity contribution >= 4 is 23.6 Å². The molecule has 1 heterocycles. The molecular weight excluding hydrogens is 302 g/mol. The van der Waals surface area contributed by atoms with Crippen LogP contribution in [0.2, 0.25) is 0 Å². The van der Waals surface area contributed by atoms with Gasteiger partial charge in [0, 0.05) is 0 Å². The van der Waals surface area contributed by atoms with Gasteiger partial charge in [0.2, 0.25) is 0 Å². The Hall–Kier alpha value is -2.54. The topological polar surface area (TPSA) is 101 Å². The molecule has 1 N–H and O–H groups in total. The SMILES string of the molecule is CCC(C(=O)O)C(=O)COC(C)N1C(=O)c2ccccc2C1=O. The van der Waals surface area contributed by atoms with E-state index in [0.717, 1.165) is 4.90 Å². The maximum Gasteiger partial charge on any atom is 0.314 e. The Morgan fingerprint density at radius 3 is 2.13 bits per heavy atom. The van der Waals surface area contributed by atoms with E-state index >= 15 is 0 Å². The van der Waals surface area contributed by atoms with Crippen molar-refractivity contribution in [2.45, 2.75) is 26.5 Å². The summed E-state index contributed by atoms with van der Waals surface area (Å²) < 4.78 is 5.26. The van der Waals surface area contributed by atoms with Crippen LogP contribution < -0.4 is 0 Å². The van der Waals surface area contributed by atoms with Gasteiger partial charge in [-0.2, -0.15) is 0 Å². The van der Waals surface area contributed by atoms with E-state index in [1.54, 1.807) is 31.2 Å². The lowest BCUT2D eigenvalue weighted by Crippen LogP contribution is -2.41. The number of rotatable bonds is 7. The largest absolute Gasteiger partial charge is 0.481 e. The fourth-order valence-corrected chi connectivity index (χ4v) is 2.46. The number of ether oxygens (including phenoxy) is 1. The van der Waals surface area contributed by atoms with E-state index in [0.29, 0.717) is 0 Å². The van der Waals surface area contributed by atoms with Gasteiger partial charge < -0.3 is 9.84 Å². The van der Waals surface area contributed by atoms with Gasteiger partial charge in [-0.1, -0.05) is 19.1 Å². The van der Waals surface area contributed by atoms with E-state index in [-0.39, 0.29) is 17.5 Å². The van der Waals surface area contributed by atoms with Gasteiger partial charge in [0.25, 0.3) is 11.8 Å². The summed E-state index contributed by atoms with van der Waals surface area (Å²) in [6.07, 6.45) is -0.809. The standard InChI is InChI=1S/C16H17NO6/c1-3-10(16(21)22)13(18)8-23-9(2)17-14(19)11-6-4-5-7-12(11)15(17)20/h4-7,9-10H,3,8H2,1-2H3,(H,21,22). The number of benzene rings is 1. The summed E-state index contributed by atoms with van der Waals surface area (Å²) in [5, 5.41) is 8.93. The maximum atomic E-state index is 12.2. The second-order valence-electron chi connectivity index (χ2n) is 5.20. The van der Waals surface area contributed by atoms with E-state index in [1.165, 1.54) is 6.92 Å². The molecule has 0 radical (unpaired) electrons. The highest BCUT2D eigenvalue weighted by Gasteiger charge is 2.39. The van der Waals surface area contributed by atoms with Crippen LogP contribution in [0.4, 0.5) is 0 Å². The molecule has 0 aliphatic carbocycles. The number of carbonyl (C=O) groups excluding carboxylic acids is 3. The molecule has 2 unspecified atom stereocenters. The van der Waals surface area contributed by atoms with Gasteiger partial charge in [-0.25, -0.2) is 4.90 Å². The molecule has 7 heteroatoms. The third-order valence-electron chi connectivity index (χ3n) is 3.75. The molecule has 2 atom stereocenters. The average molecular weight is 319 g/mol. The van der Waals surface area contributed by atoms with Gasteiger partial charge in [-0.15, -0.1) is 0 Å². The summed E-state index contributed by atoms with van der Waals surface area (Å²) in [6.45, 7) is 2.58. The Kier molecular flexibility index (Phi) is 4.90. The number of carboxylic acids is 1. The van der Waals surface area contributed by atoms with Crippen LogP contribution in [0, 0.1) is 5.92 Å². The van der Waals surface area contributed by atoms with Gasteiger partial charge in [0.1, 0.15) is 18.8 Å². The second kappa shape index (κ2) is 6.70. The van der Waals surface area contributed by atoms with Crippen LogP contribution in [0.25, 0.3) is 0 Å². The molecule has 7 nitrogen and oxygen atoms in total. The van der Waals surface area contributed by atoms with Gasteiger partial charge in [-0.05, 0) is 25.5 Å². The van der Waals surface area contributed by atoms with Crippen LogP contribution >= 0.6 is 0 Å². The van der Waals surface area contributed by atoms with E-state index < -0.39 is 42.3 Å². The molecule has 1 aliphatic heterocycles. The average Bonchev–Trinajstić information content (AvgIpc) is 2.77. The number of hydrogen-bond acceptors (Lipinski definition) is 5. The van der Waals surface area contributed by atoms with Crippen LogP contribution in [0.15, 0.2) is 24.3 Å². The zero-order chi connectivity index (χ0) is 17.1. The first-order valence-electron chi connectivity index (χ1n) is 7.22. The minimum absolute atomic E-state index is 0.152. The highest BCUT2D eigenvalue weighted by Crippen LogP contribution is 2.24. The van der Waals surface area contributed by atoms with Crippen molar-refractivity contribution in [3.05, 3.63) is 35.4 Å². The number of imide groups is 1. The number of aliphatic carboxylic acids is 1. The monoisotopic (exact) mass is 319 g/mol. The number of fused-ring (bicyclic) bond motifs is 1. The predicted octanol–water partition coefficient (Wildman–Crippen LogP) is 1.33. The van der Waals surface area contributed by atoms with E-state index in [9.17, 15) is 19.2 Å². The molecule has 0 saturated heterocycles. The van der Waals surface area contributed by atoms with E-state index in [2.05, 4.69) is 0 Å². The molecule has 0 bridgehead atoms. The summed E-state index contributed by atoms with van der Waals surface area (Å²) in [5.41, 5.74) is 0.576. The van der Waals surface area contributed by atoms with Crippen LogP contribution in [-0.4, -0.2) is 46.4 Å². The van der Waals surface area contributed by atoms with Crippen molar-refractivity contribution in [2.24, 2.45) is 5.92 Å². The van der Waals surface area contributed by atoms with Crippen molar-refractivity contribution in [1.82, 2.24) is 4.90 Å². The first-order valence-corrected chi connectivity index (χ1v) is 7.22. The molecular formula is C16H17NO6. The Labute approximate surface area is 132 Å². The van der Waals surface area contributed by atoms with Crippen LogP contribution in [-0.2, 0) is 14.3 Å². The fourth-order valence-electron chi connectivity index (χ4n) is 2.46. The lowest BCUT2D eigenvalue weighted by Gasteiger charge is -2.22. The summed E-state index contributed by atoms with van der Waals surface area (Å²) in [6, 6.07) is 6.40. The lowest BCUT2D eigenvalue weighted by molar-refractivity contribution is -0.149. The summed E-state index contributed by atoms with van der Waals surface area (Å²) >= 11 is 0. The molecule has 0 fully saturated rings. The van der Waals surface area contributed by atoms with Crippen molar-refractivity contribution in [3.63, 3.8) is 0 Å². The number of carboxylic acid groups (broad SMARTS) is 1. The molecule has 0 aromatic heterocycles. The molecule has 23 heavy (non-hydrogen) atoms. The quantitative estimate of drug-likeness (QED) is 0.601. The van der Waals surface area contributed by atoms with Crippen molar-refractivity contribution in [2.75, 3.05) is 6.61 Å². The van der Waals surface area contributed by atoms with Crippen molar-refractivity contribution in [3.8, 4) is 0 Å². The highest BCUT2D eigenvalue weighted by molar-refractivity contribution is 6.21. The normalized spacial score (nSPS) is 16.2. The molecule has 2 rings (SSSR count). The Balaban J connectivity index is 2.04. The summed E-state index contributed by atoms with van der Waals surface area (Å²) in [7, 11) is 0.